The van der Waals surface area contributed by atoms with Crippen molar-refractivity contribution in [2.45, 2.75) is 64.1 Å². The Hall–Kier alpha value is -2.64. The Morgan fingerprint density at radius 3 is 2.39 bits per heavy atom. The van der Waals surface area contributed by atoms with Gasteiger partial charge in [0, 0.05) is 17.1 Å². The van der Waals surface area contributed by atoms with E-state index in [-0.39, 0.29) is 12.0 Å². The SMILES string of the molecule is CC(C)(Oc1ccc(CCNC(=O)c2ccc(Cl)cc2)cc1)C(=O)OC(CNC=S)C1CCCCC1. The van der Waals surface area contributed by atoms with Crippen molar-refractivity contribution in [1.82, 2.24) is 10.6 Å². The number of benzene rings is 2. The molecule has 0 aliphatic heterocycles. The molecule has 1 fully saturated rings. The lowest BCUT2D eigenvalue weighted by molar-refractivity contribution is -0.168. The molecule has 1 aliphatic rings. The number of rotatable bonds is 12. The topological polar surface area (TPSA) is 76.7 Å². The van der Waals surface area contributed by atoms with Crippen LogP contribution >= 0.6 is 23.8 Å². The number of nitrogens with one attached hydrogen (secondary N) is 2. The summed E-state index contributed by atoms with van der Waals surface area (Å²) in [6, 6.07) is 14.3. The fourth-order valence-corrected chi connectivity index (χ4v) is 4.56. The van der Waals surface area contributed by atoms with Crippen LogP contribution in [0, 0.1) is 5.92 Å². The predicted molar refractivity (Wildman–Crippen MR) is 147 cm³/mol. The lowest BCUT2D eigenvalue weighted by Crippen LogP contribution is -2.45. The fourth-order valence-electron chi connectivity index (χ4n) is 4.34. The molecule has 194 valence electrons. The molecule has 0 heterocycles. The van der Waals surface area contributed by atoms with E-state index in [0.29, 0.717) is 41.8 Å². The Morgan fingerprint density at radius 1 is 1.08 bits per heavy atom. The molecule has 0 saturated heterocycles. The van der Waals surface area contributed by atoms with E-state index in [0.717, 1.165) is 31.2 Å². The van der Waals surface area contributed by atoms with Crippen LogP contribution in [0.25, 0.3) is 0 Å². The zero-order chi connectivity index (χ0) is 26.0. The van der Waals surface area contributed by atoms with Crippen LogP contribution in [0.15, 0.2) is 48.5 Å². The molecule has 2 aromatic carbocycles. The van der Waals surface area contributed by atoms with Crippen LogP contribution in [-0.4, -0.2) is 42.2 Å². The second kappa shape index (κ2) is 13.6. The van der Waals surface area contributed by atoms with Gasteiger partial charge in [0.05, 0.1) is 12.0 Å². The quantitative estimate of drug-likeness (QED) is 0.278. The summed E-state index contributed by atoms with van der Waals surface area (Å²) in [6.07, 6.45) is 6.10. The lowest BCUT2D eigenvalue weighted by atomic mass is 9.85. The van der Waals surface area contributed by atoms with Crippen LogP contribution < -0.4 is 15.4 Å². The molecule has 0 aromatic heterocycles. The minimum absolute atomic E-state index is 0.140. The molecule has 8 heteroatoms. The summed E-state index contributed by atoms with van der Waals surface area (Å²) in [5.74, 6) is 0.384. The van der Waals surface area contributed by atoms with Crippen molar-refractivity contribution in [2.24, 2.45) is 5.92 Å². The number of amides is 1. The van der Waals surface area contributed by atoms with Gasteiger partial charge in [-0.25, -0.2) is 4.79 Å². The zero-order valence-electron chi connectivity index (χ0n) is 20.9. The first kappa shape index (κ1) is 27.9. The van der Waals surface area contributed by atoms with Crippen LogP contribution in [0.3, 0.4) is 0 Å². The molecule has 0 radical (unpaired) electrons. The molecule has 2 N–H and O–H groups in total. The zero-order valence-corrected chi connectivity index (χ0v) is 22.5. The summed E-state index contributed by atoms with van der Waals surface area (Å²) in [6.45, 7) is 4.46. The van der Waals surface area contributed by atoms with Crippen molar-refractivity contribution in [3.05, 3.63) is 64.7 Å². The Labute approximate surface area is 224 Å². The number of carbonyl (C=O) groups excluding carboxylic acids is 2. The van der Waals surface area contributed by atoms with Crippen molar-refractivity contribution in [3.8, 4) is 5.75 Å². The molecule has 6 nitrogen and oxygen atoms in total. The number of hydrogen-bond acceptors (Lipinski definition) is 5. The van der Waals surface area contributed by atoms with E-state index >= 15 is 0 Å². The van der Waals surface area contributed by atoms with Gasteiger partial charge in [0.25, 0.3) is 5.91 Å². The van der Waals surface area contributed by atoms with Crippen molar-refractivity contribution in [1.29, 1.82) is 0 Å². The third kappa shape index (κ3) is 8.49. The molecule has 2 aromatic rings. The molecule has 0 spiro atoms. The predicted octanol–water partition coefficient (Wildman–Crippen LogP) is 5.51. The first-order valence-electron chi connectivity index (χ1n) is 12.5. The minimum Gasteiger partial charge on any atom is -0.476 e. The van der Waals surface area contributed by atoms with Crippen LogP contribution in [0.2, 0.25) is 5.02 Å². The average molecular weight is 531 g/mol. The lowest BCUT2D eigenvalue weighted by Gasteiger charge is -2.33. The molecule has 36 heavy (non-hydrogen) atoms. The highest BCUT2D eigenvalue weighted by atomic mass is 35.5. The van der Waals surface area contributed by atoms with Crippen LogP contribution in [0.4, 0.5) is 0 Å². The van der Waals surface area contributed by atoms with E-state index in [1.165, 1.54) is 11.9 Å². The second-order valence-corrected chi connectivity index (χ2v) is 10.3. The molecule has 1 amide bonds. The highest BCUT2D eigenvalue weighted by molar-refractivity contribution is 7.78. The van der Waals surface area contributed by atoms with E-state index in [1.54, 1.807) is 38.1 Å². The van der Waals surface area contributed by atoms with E-state index < -0.39 is 11.6 Å². The third-order valence-electron chi connectivity index (χ3n) is 6.43. The fraction of sp³-hybridized carbons (Fsp3) is 0.464. The van der Waals surface area contributed by atoms with Gasteiger partial charge in [-0.1, -0.05) is 55.2 Å². The highest BCUT2D eigenvalue weighted by Crippen LogP contribution is 2.29. The van der Waals surface area contributed by atoms with Crippen molar-refractivity contribution < 1.29 is 19.1 Å². The number of carbonyl (C=O) groups is 2. The molecule has 0 bridgehead atoms. The summed E-state index contributed by atoms with van der Waals surface area (Å²) >= 11 is 10.8. The number of thiocarbonyl (C=S) groups is 1. The summed E-state index contributed by atoms with van der Waals surface area (Å²) in [4.78, 5) is 25.3. The summed E-state index contributed by atoms with van der Waals surface area (Å²) in [5.41, 5.74) is 1.94. The van der Waals surface area contributed by atoms with E-state index in [1.807, 2.05) is 24.3 Å². The Morgan fingerprint density at radius 2 is 1.75 bits per heavy atom. The Bertz CT molecular complexity index is 1010. The van der Waals surface area contributed by atoms with E-state index in [4.69, 9.17) is 33.3 Å². The monoisotopic (exact) mass is 530 g/mol. The van der Waals surface area contributed by atoms with Crippen molar-refractivity contribution in [2.75, 3.05) is 13.1 Å². The van der Waals surface area contributed by atoms with Gasteiger partial charge in [0.1, 0.15) is 11.9 Å². The standard InChI is InChI=1S/C28H35ClN2O4S/c1-28(2,27(33)34-25(18-30-19-36)21-6-4-3-5-7-21)35-24-14-8-20(9-15-24)16-17-31-26(32)22-10-12-23(29)13-11-22/h8-15,19,21,25H,3-7,16-18H2,1-2H3,(H,30,36)(H,31,32). The number of hydrogen-bond donors (Lipinski definition) is 2. The van der Waals surface area contributed by atoms with Crippen LogP contribution in [0.5, 0.6) is 5.75 Å². The summed E-state index contributed by atoms with van der Waals surface area (Å²) < 4.78 is 11.9. The Kier molecular flexibility index (Phi) is 10.6. The summed E-state index contributed by atoms with van der Waals surface area (Å²) in [5, 5.41) is 6.53. The third-order valence-corrected chi connectivity index (χ3v) is 6.85. The largest absolute Gasteiger partial charge is 0.476 e. The van der Waals surface area contributed by atoms with Gasteiger partial charge >= 0.3 is 5.97 Å². The Balaban J connectivity index is 1.50. The van der Waals surface area contributed by atoms with Gasteiger partial charge in [-0.2, -0.15) is 0 Å². The minimum atomic E-state index is -1.14. The van der Waals surface area contributed by atoms with Crippen LogP contribution in [-0.2, 0) is 16.0 Å². The molecule has 3 rings (SSSR count). The molecular formula is C28H35ClN2O4S. The average Bonchev–Trinajstić information content (AvgIpc) is 2.88. The molecule has 1 unspecified atom stereocenters. The molecular weight excluding hydrogens is 496 g/mol. The number of halogens is 1. The maximum atomic E-state index is 13.0. The van der Waals surface area contributed by atoms with E-state index in [2.05, 4.69) is 10.6 Å². The smallest absolute Gasteiger partial charge is 0.350 e. The molecule has 1 aliphatic carbocycles. The van der Waals surface area contributed by atoms with Gasteiger partial charge in [-0.15, -0.1) is 0 Å². The van der Waals surface area contributed by atoms with Gasteiger partial charge in [0.15, 0.2) is 5.60 Å². The first-order valence-corrected chi connectivity index (χ1v) is 13.3. The number of esters is 1. The van der Waals surface area contributed by atoms with Crippen LogP contribution in [0.1, 0.15) is 61.9 Å². The van der Waals surface area contributed by atoms with Gasteiger partial charge < -0.3 is 20.1 Å². The highest BCUT2D eigenvalue weighted by Gasteiger charge is 2.36. The van der Waals surface area contributed by atoms with Crippen molar-refractivity contribution >= 4 is 41.2 Å². The number of ether oxygens (including phenoxy) is 2. The van der Waals surface area contributed by atoms with Gasteiger partial charge in [-0.05, 0) is 81.0 Å². The maximum absolute atomic E-state index is 13.0. The normalized spacial score (nSPS) is 15.0. The van der Waals surface area contributed by atoms with Crippen molar-refractivity contribution in [3.63, 3.8) is 0 Å². The maximum Gasteiger partial charge on any atom is 0.350 e. The molecule has 1 saturated carbocycles. The molecule has 1 atom stereocenters. The first-order chi connectivity index (χ1) is 17.3. The van der Waals surface area contributed by atoms with Gasteiger partial charge in [-0.3, -0.25) is 4.79 Å². The second-order valence-electron chi connectivity index (χ2n) is 9.64. The van der Waals surface area contributed by atoms with E-state index in [9.17, 15) is 9.59 Å². The van der Waals surface area contributed by atoms with Gasteiger partial charge in [0.2, 0.25) is 0 Å². The summed E-state index contributed by atoms with van der Waals surface area (Å²) in [7, 11) is 0.